The zero-order chi connectivity index (χ0) is 11.9. The number of benzene rings is 1. The Bertz CT molecular complexity index is 528. The third-order valence-corrected chi connectivity index (χ3v) is 3.59. The fraction of sp³-hybridized carbons (Fsp3) is 0.385. The molecule has 1 aromatic carbocycles. The van der Waals surface area contributed by atoms with Gasteiger partial charge in [-0.15, -0.1) is 0 Å². The van der Waals surface area contributed by atoms with E-state index in [-0.39, 0.29) is 0 Å². The smallest absolute Gasteiger partial charge is 0.0497 e. The number of aryl methyl sites for hydroxylation is 1. The highest BCUT2D eigenvalue weighted by molar-refractivity contribution is 6.31. The molecule has 0 bridgehead atoms. The van der Waals surface area contributed by atoms with Gasteiger partial charge in [0.1, 0.15) is 0 Å². The minimum absolute atomic E-state index is 0.380. The summed E-state index contributed by atoms with van der Waals surface area (Å²) in [5, 5.41) is 2.04. The number of halogens is 1. The molecule has 0 spiro atoms. The molecule has 2 nitrogen and oxygen atoms in total. The second-order valence-electron chi connectivity index (χ2n) is 4.36. The molecule has 86 valence electrons. The quantitative estimate of drug-likeness (QED) is 0.853. The van der Waals surface area contributed by atoms with Gasteiger partial charge in [-0.3, -0.25) is 0 Å². The SMILES string of the molecule is Cc1c(C(C)CN)c2ccc(Cl)cc2n1C. The summed E-state index contributed by atoms with van der Waals surface area (Å²) in [6, 6.07) is 6.04. The standard InChI is InChI=1S/C13H17ClN2/c1-8(7-15)13-9(2)16(3)12-6-10(14)4-5-11(12)13/h4-6,8H,7,15H2,1-3H3. The van der Waals surface area contributed by atoms with Gasteiger partial charge in [-0.05, 0) is 37.1 Å². The van der Waals surface area contributed by atoms with E-state index in [2.05, 4.69) is 31.5 Å². The molecule has 0 amide bonds. The number of hydrogen-bond donors (Lipinski definition) is 1. The van der Waals surface area contributed by atoms with Gasteiger partial charge >= 0.3 is 0 Å². The number of fused-ring (bicyclic) bond motifs is 1. The minimum Gasteiger partial charge on any atom is -0.348 e. The molecule has 2 N–H and O–H groups in total. The van der Waals surface area contributed by atoms with Crippen LogP contribution in [0.25, 0.3) is 10.9 Å². The lowest BCUT2D eigenvalue weighted by molar-refractivity contribution is 0.761. The van der Waals surface area contributed by atoms with E-state index in [1.165, 1.54) is 22.2 Å². The van der Waals surface area contributed by atoms with E-state index in [0.717, 1.165) is 5.02 Å². The van der Waals surface area contributed by atoms with E-state index in [4.69, 9.17) is 17.3 Å². The zero-order valence-electron chi connectivity index (χ0n) is 9.92. The van der Waals surface area contributed by atoms with E-state index < -0.39 is 0 Å². The first-order valence-corrected chi connectivity index (χ1v) is 5.88. The van der Waals surface area contributed by atoms with Gasteiger partial charge in [0.15, 0.2) is 0 Å². The van der Waals surface area contributed by atoms with Crippen molar-refractivity contribution in [3.63, 3.8) is 0 Å². The van der Waals surface area contributed by atoms with Crippen molar-refractivity contribution in [1.82, 2.24) is 4.57 Å². The Hall–Kier alpha value is -0.990. The predicted octanol–water partition coefficient (Wildman–Crippen LogP) is 3.20. The molecule has 1 aromatic heterocycles. The molecule has 0 saturated heterocycles. The Morgan fingerprint density at radius 1 is 1.44 bits per heavy atom. The van der Waals surface area contributed by atoms with Gasteiger partial charge in [0.05, 0.1) is 0 Å². The lowest BCUT2D eigenvalue weighted by Gasteiger charge is -2.09. The number of nitrogens with two attached hydrogens (primary N) is 1. The normalized spacial score (nSPS) is 13.3. The van der Waals surface area contributed by atoms with Gasteiger partial charge in [0, 0.05) is 28.7 Å². The minimum atomic E-state index is 0.380. The summed E-state index contributed by atoms with van der Waals surface area (Å²) in [5.41, 5.74) is 9.57. The summed E-state index contributed by atoms with van der Waals surface area (Å²) in [5.74, 6) is 0.380. The van der Waals surface area contributed by atoms with Crippen molar-refractivity contribution in [3.8, 4) is 0 Å². The Balaban J connectivity index is 2.79. The summed E-state index contributed by atoms with van der Waals surface area (Å²) < 4.78 is 2.18. The molecule has 2 aromatic rings. The van der Waals surface area contributed by atoms with Gasteiger partial charge in [0.25, 0.3) is 0 Å². The summed E-state index contributed by atoms with van der Waals surface area (Å²) in [6.07, 6.45) is 0. The summed E-state index contributed by atoms with van der Waals surface area (Å²) >= 11 is 6.03. The van der Waals surface area contributed by atoms with Crippen LogP contribution in [0.5, 0.6) is 0 Å². The maximum atomic E-state index is 6.03. The summed E-state index contributed by atoms with van der Waals surface area (Å²) in [7, 11) is 2.07. The Kier molecular flexibility index (Phi) is 2.96. The summed E-state index contributed by atoms with van der Waals surface area (Å²) in [6.45, 7) is 4.97. The second-order valence-corrected chi connectivity index (χ2v) is 4.79. The highest BCUT2D eigenvalue weighted by Gasteiger charge is 2.16. The Morgan fingerprint density at radius 2 is 2.12 bits per heavy atom. The number of aromatic nitrogens is 1. The average molecular weight is 237 g/mol. The van der Waals surface area contributed by atoms with E-state index in [9.17, 15) is 0 Å². The van der Waals surface area contributed by atoms with Crippen LogP contribution in [0.2, 0.25) is 5.02 Å². The highest BCUT2D eigenvalue weighted by Crippen LogP contribution is 2.32. The highest BCUT2D eigenvalue weighted by atomic mass is 35.5. The van der Waals surface area contributed by atoms with E-state index >= 15 is 0 Å². The van der Waals surface area contributed by atoms with Crippen LogP contribution in [0.1, 0.15) is 24.1 Å². The molecule has 0 saturated carbocycles. The fourth-order valence-corrected chi connectivity index (χ4v) is 2.47. The number of nitrogens with zero attached hydrogens (tertiary/aromatic N) is 1. The average Bonchev–Trinajstić information content (AvgIpc) is 2.52. The van der Waals surface area contributed by atoms with Gasteiger partial charge in [-0.2, -0.15) is 0 Å². The molecule has 1 unspecified atom stereocenters. The fourth-order valence-electron chi connectivity index (χ4n) is 2.31. The third-order valence-electron chi connectivity index (χ3n) is 3.35. The van der Waals surface area contributed by atoms with Gasteiger partial charge in [-0.1, -0.05) is 24.6 Å². The molecule has 0 fully saturated rings. The Labute approximate surface area is 101 Å². The molecule has 0 aliphatic heterocycles. The van der Waals surface area contributed by atoms with Crippen LogP contribution >= 0.6 is 11.6 Å². The van der Waals surface area contributed by atoms with Crippen LogP contribution in [0.3, 0.4) is 0 Å². The maximum Gasteiger partial charge on any atom is 0.0497 e. The van der Waals surface area contributed by atoms with Crippen molar-refractivity contribution >= 4 is 22.5 Å². The van der Waals surface area contributed by atoms with Crippen molar-refractivity contribution in [2.24, 2.45) is 12.8 Å². The van der Waals surface area contributed by atoms with E-state index in [0.29, 0.717) is 12.5 Å². The molecular formula is C13H17ClN2. The second kappa shape index (κ2) is 4.11. The predicted molar refractivity (Wildman–Crippen MR) is 70.1 cm³/mol. The molecule has 1 heterocycles. The molecule has 16 heavy (non-hydrogen) atoms. The van der Waals surface area contributed by atoms with Crippen LogP contribution < -0.4 is 5.73 Å². The molecule has 2 rings (SSSR count). The Morgan fingerprint density at radius 3 is 2.75 bits per heavy atom. The lowest BCUT2D eigenvalue weighted by atomic mass is 9.98. The van der Waals surface area contributed by atoms with Gasteiger partial charge in [0.2, 0.25) is 0 Å². The number of hydrogen-bond acceptors (Lipinski definition) is 1. The first-order chi connectivity index (χ1) is 7.56. The number of rotatable bonds is 2. The van der Waals surface area contributed by atoms with Crippen molar-refractivity contribution in [3.05, 3.63) is 34.5 Å². The maximum absolute atomic E-state index is 6.03. The monoisotopic (exact) mass is 236 g/mol. The van der Waals surface area contributed by atoms with Gasteiger partial charge in [-0.25, -0.2) is 0 Å². The van der Waals surface area contributed by atoms with Crippen molar-refractivity contribution < 1.29 is 0 Å². The topological polar surface area (TPSA) is 30.9 Å². The van der Waals surface area contributed by atoms with Crippen molar-refractivity contribution in [2.75, 3.05) is 6.54 Å². The first-order valence-electron chi connectivity index (χ1n) is 5.50. The molecule has 0 aliphatic rings. The van der Waals surface area contributed by atoms with Crippen LogP contribution in [0.15, 0.2) is 18.2 Å². The van der Waals surface area contributed by atoms with E-state index in [1.807, 2.05) is 12.1 Å². The van der Waals surface area contributed by atoms with Crippen LogP contribution in [0, 0.1) is 6.92 Å². The van der Waals surface area contributed by atoms with Crippen molar-refractivity contribution in [2.45, 2.75) is 19.8 Å². The molecule has 1 atom stereocenters. The van der Waals surface area contributed by atoms with Crippen LogP contribution in [-0.4, -0.2) is 11.1 Å². The third kappa shape index (κ3) is 1.62. The van der Waals surface area contributed by atoms with Gasteiger partial charge < -0.3 is 10.3 Å². The molecular weight excluding hydrogens is 220 g/mol. The van der Waals surface area contributed by atoms with Crippen LogP contribution in [-0.2, 0) is 7.05 Å². The molecule has 3 heteroatoms. The van der Waals surface area contributed by atoms with Crippen molar-refractivity contribution in [1.29, 1.82) is 0 Å². The lowest BCUT2D eigenvalue weighted by Crippen LogP contribution is -2.09. The van der Waals surface area contributed by atoms with E-state index in [1.54, 1.807) is 0 Å². The first kappa shape index (κ1) is 11.5. The van der Waals surface area contributed by atoms with Crippen LogP contribution in [0.4, 0.5) is 0 Å². The largest absolute Gasteiger partial charge is 0.348 e. The zero-order valence-corrected chi connectivity index (χ0v) is 10.7. The molecule has 0 aliphatic carbocycles. The summed E-state index contributed by atoms with van der Waals surface area (Å²) in [4.78, 5) is 0. The molecule has 0 radical (unpaired) electrons.